The molecule has 8 heteroatoms. The van der Waals surface area contributed by atoms with Crippen LogP contribution in [0.3, 0.4) is 0 Å². The Labute approximate surface area is 199 Å². The molecule has 0 spiro atoms. The van der Waals surface area contributed by atoms with Crippen molar-refractivity contribution >= 4 is 11.9 Å². The molecule has 184 valence electrons. The highest BCUT2D eigenvalue weighted by Gasteiger charge is 2.36. The second-order valence-electron chi connectivity index (χ2n) is 9.24. The third kappa shape index (κ3) is 5.22. The number of piperidine rings is 1. The van der Waals surface area contributed by atoms with Crippen LogP contribution in [0.1, 0.15) is 56.7 Å². The molecular weight excluding hydrogens is 443 g/mol. The number of ether oxygens (including phenoxy) is 2. The lowest BCUT2D eigenvalue weighted by Crippen LogP contribution is -2.40. The molecule has 0 bridgehead atoms. The highest BCUT2D eigenvalue weighted by atomic mass is 19.4. The summed E-state index contributed by atoms with van der Waals surface area (Å²) in [4.78, 5) is 7.57. The lowest BCUT2D eigenvalue weighted by molar-refractivity contribution is -0.480. The van der Waals surface area contributed by atoms with Crippen LogP contribution in [0, 0.1) is 6.92 Å². The monoisotopic (exact) mass is 476 g/mol. The Morgan fingerprint density at radius 3 is 2.56 bits per heavy atom. The van der Waals surface area contributed by atoms with Gasteiger partial charge in [-0.3, -0.25) is 4.90 Å². The summed E-state index contributed by atoms with van der Waals surface area (Å²) in [5.41, 5.74) is 4.40. The molecular formula is C26H33F3N3O2+. The summed E-state index contributed by atoms with van der Waals surface area (Å²) < 4.78 is 49.8. The lowest BCUT2D eigenvalue weighted by atomic mass is 10.0. The molecule has 3 heterocycles. The van der Waals surface area contributed by atoms with E-state index in [0.717, 1.165) is 43.0 Å². The third-order valence-electron chi connectivity index (χ3n) is 6.76. The van der Waals surface area contributed by atoms with Gasteiger partial charge in [-0.2, -0.15) is 4.58 Å². The summed E-state index contributed by atoms with van der Waals surface area (Å²) in [7, 11) is 1.43. The van der Waals surface area contributed by atoms with Crippen molar-refractivity contribution in [3.63, 3.8) is 0 Å². The Kier molecular flexibility index (Phi) is 7.17. The first kappa shape index (κ1) is 24.5. The van der Waals surface area contributed by atoms with E-state index < -0.39 is 6.36 Å². The zero-order valence-electron chi connectivity index (χ0n) is 20.3. The van der Waals surface area contributed by atoms with Gasteiger partial charge in [0, 0.05) is 24.1 Å². The molecule has 1 saturated heterocycles. The van der Waals surface area contributed by atoms with Gasteiger partial charge in [-0.15, -0.1) is 13.2 Å². The molecule has 0 saturated carbocycles. The summed E-state index contributed by atoms with van der Waals surface area (Å²) >= 11 is 0. The third-order valence-corrected chi connectivity index (χ3v) is 6.76. The first-order valence-electron chi connectivity index (χ1n) is 12.0. The SMILES string of the molecule is CC[C@@H](CN1CCCCC1)[N+]1=CC(C)c2nc(-c3ccc(OC(F)(F)F)cc3OC)c(C)cc21. The molecule has 1 aromatic heterocycles. The number of benzene rings is 1. The molecule has 0 N–H and O–H groups in total. The highest BCUT2D eigenvalue weighted by Crippen LogP contribution is 2.40. The van der Waals surface area contributed by atoms with Crippen molar-refractivity contribution in [3.05, 3.63) is 35.5 Å². The van der Waals surface area contributed by atoms with Crippen LogP contribution in [0.4, 0.5) is 18.9 Å². The maximum Gasteiger partial charge on any atom is 0.573 e. The van der Waals surface area contributed by atoms with Gasteiger partial charge in [0.15, 0.2) is 12.3 Å². The first-order chi connectivity index (χ1) is 16.2. The van der Waals surface area contributed by atoms with Gasteiger partial charge in [-0.05, 0) is 57.5 Å². The van der Waals surface area contributed by atoms with Gasteiger partial charge in [-0.25, -0.2) is 4.98 Å². The standard InChI is InChI=1S/C26H33F3N3O2/c1-5-19(16-31-11-7-6-8-12-31)32-15-18(3)25-22(32)13-17(2)24(30-25)21-10-9-20(14-23(21)33-4)34-26(27,28)29/h9-10,13-15,18-19H,5-8,11-12,16H2,1-4H3/q+1/t18?,19-/m0/s1. The number of hydrogen-bond donors (Lipinski definition) is 0. The summed E-state index contributed by atoms with van der Waals surface area (Å²) in [6.07, 6.45) is 2.40. The molecule has 0 aliphatic carbocycles. The van der Waals surface area contributed by atoms with E-state index >= 15 is 0 Å². The number of alkyl halides is 3. The van der Waals surface area contributed by atoms with Gasteiger partial charge in [0.25, 0.3) is 0 Å². The molecule has 2 aliphatic rings. The molecule has 2 aliphatic heterocycles. The van der Waals surface area contributed by atoms with Crippen LogP contribution in [-0.2, 0) is 0 Å². The summed E-state index contributed by atoms with van der Waals surface area (Å²) in [5.74, 6) is 0.118. The van der Waals surface area contributed by atoms with Crippen LogP contribution in [-0.4, -0.2) is 59.8 Å². The van der Waals surface area contributed by atoms with Crippen LogP contribution in [0.15, 0.2) is 24.3 Å². The van der Waals surface area contributed by atoms with Gasteiger partial charge in [0.05, 0.1) is 25.3 Å². The van der Waals surface area contributed by atoms with Crippen molar-refractivity contribution < 1.29 is 27.2 Å². The number of pyridine rings is 1. The second kappa shape index (κ2) is 9.94. The minimum absolute atomic E-state index is 0.142. The van der Waals surface area contributed by atoms with Crippen molar-refractivity contribution in [1.29, 1.82) is 0 Å². The highest BCUT2D eigenvalue weighted by molar-refractivity contribution is 5.76. The number of halogens is 3. The minimum Gasteiger partial charge on any atom is -0.496 e. The fourth-order valence-corrected chi connectivity index (χ4v) is 5.06. The summed E-state index contributed by atoms with van der Waals surface area (Å²) in [6, 6.07) is 6.66. The topological polar surface area (TPSA) is 37.6 Å². The number of methoxy groups -OCH3 is 1. The van der Waals surface area contributed by atoms with Crippen LogP contribution in [0.5, 0.6) is 11.5 Å². The molecule has 4 rings (SSSR count). The Morgan fingerprint density at radius 2 is 1.91 bits per heavy atom. The van der Waals surface area contributed by atoms with Crippen LogP contribution < -0.4 is 9.47 Å². The summed E-state index contributed by atoms with van der Waals surface area (Å²) in [6.45, 7) is 9.71. The quantitative estimate of drug-likeness (QED) is 0.455. The minimum atomic E-state index is -4.76. The van der Waals surface area contributed by atoms with E-state index in [-0.39, 0.29) is 11.7 Å². The van der Waals surface area contributed by atoms with Gasteiger partial charge in [0.1, 0.15) is 17.2 Å². The average Bonchev–Trinajstić information content (AvgIpc) is 3.11. The molecule has 5 nitrogen and oxygen atoms in total. The zero-order valence-corrected chi connectivity index (χ0v) is 20.3. The second-order valence-corrected chi connectivity index (χ2v) is 9.24. The molecule has 34 heavy (non-hydrogen) atoms. The van der Waals surface area contributed by atoms with E-state index in [1.807, 2.05) is 6.92 Å². The number of likely N-dealkylation sites (tertiary alicyclic amines) is 1. The number of nitrogens with zero attached hydrogens (tertiary/aromatic N) is 3. The molecule has 1 fully saturated rings. The Hall–Kier alpha value is -2.61. The van der Waals surface area contributed by atoms with Crippen LogP contribution in [0.2, 0.25) is 0 Å². The summed E-state index contributed by atoms with van der Waals surface area (Å²) in [5, 5.41) is 0. The van der Waals surface area contributed by atoms with E-state index in [1.165, 1.54) is 38.5 Å². The smallest absolute Gasteiger partial charge is 0.496 e. The average molecular weight is 477 g/mol. The predicted molar refractivity (Wildman–Crippen MR) is 126 cm³/mol. The maximum absolute atomic E-state index is 12.7. The van der Waals surface area contributed by atoms with E-state index in [0.29, 0.717) is 23.0 Å². The van der Waals surface area contributed by atoms with E-state index in [4.69, 9.17) is 9.72 Å². The first-order valence-corrected chi connectivity index (χ1v) is 12.0. The van der Waals surface area contributed by atoms with E-state index in [2.05, 4.69) is 40.3 Å². The normalized spacial score (nSPS) is 19.5. The largest absolute Gasteiger partial charge is 0.573 e. The lowest BCUT2D eigenvalue weighted by Gasteiger charge is -2.28. The van der Waals surface area contributed by atoms with Gasteiger partial charge < -0.3 is 9.47 Å². The maximum atomic E-state index is 12.7. The Bertz CT molecular complexity index is 1060. The number of aromatic nitrogens is 1. The molecule has 1 unspecified atom stereocenters. The predicted octanol–water partition coefficient (Wildman–Crippen LogP) is 6.06. The van der Waals surface area contributed by atoms with E-state index in [9.17, 15) is 13.2 Å². The zero-order chi connectivity index (χ0) is 24.5. The number of hydrogen-bond acceptors (Lipinski definition) is 4. The number of fused-ring (bicyclic) bond motifs is 1. The van der Waals surface area contributed by atoms with Gasteiger partial charge >= 0.3 is 6.36 Å². The molecule has 0 amide bonds. The van der Waals surface area contributed by atoms with Crippen molar-refractivity contribution in [2.24, 2.45) is 0 Å². The van der Waals surface area contributed by atoms with Crippen molar-refractivity contribution in [3.8, 4) is 22.8 Å². The molecule has 0 radical (unpaired) electrons. The van der Waals surface area contributed by atoms with Gasteiger partial charge in [0.2, 0.25) is 5.69 Å². The Morgan fingerprint density at radius 1 is 1.18 bits per heavy atom. The number of aryl methyl sites for hydroxylation is 1. The molecule has 1 aromatic carbocycles. The fourth-order valence-electron chi connectivity index (χ4n) is 5.06. The number of rotatable bonds is 7. The Balaban J connectivity index is 1.65. The van der Waals surface area contributed by atoms with Crippen molar-refractivity contribution in [1.82, 2.24) is 9.88 Å². The van der Waals surface area contributed by atoms with Crippen LogP contribution >= 0.6 is 0 Å². The van der Waals surface area contributed by atoms with Crippen LogP contribution in [0.25, 0.3) is 11.3 Å². The molecule has 2 aromatic rings. The van der Waals surface area contributed by atoms with Gasteiger partial charge in [-0.1, -0.05) is 13.3 Å². The molecule has 2 atom stereocenters. The van der Waals surface area contributed by atoms with Crippen molar-refractivity contribution in [2.75, 3.05) is 26.7 Å². The fraction of sp³-hybridized carbons (Fsp3) is 0.538. The van der Waals surface area contributed by atoms with Crippen molar-refractivity contribution in [2.45, 2.75) is 64.8 Å². The van der Waals surface area contributed by atoms with E-state index in [1.54, 1.807) is 6.07 Å².